The van der Waals surface area contributed by atoms with E-state index in [0.29, 0.717) is 6.42 Å². The van der Waals surface area contributed by atoms with Gasteiger partial charge in [0.1, 0.15) is 24.0 Å². The fourth-order valence-electron chi connectivity index (χ4n) is 3.38. The number of benzene rings is 1. The summed E-state index contributed by atoms with van der Waals surface area (Å²) in [5.41, 5.74) is 0.543. The van der Waals surface area contributed by atoms with E-state index in [0.717, 1.165) is 48.2 Å². The average Bonchev–Trinajstić information content (AvgIpc) is 3.14. The maximum atomic E-state index is 12.7. The highest BCUT2D eigenvalue weighted by Crippen LogP contribution is 2.30. The second-order valence-electron chi connectivity index (χ2n) is 7.02. The van der Waals surface area contributed by atoms with E-state index in [1.807, 2.05) is 0 Å². The Bertz CT molecular complexity index is 938. The third-order valence-corrected chi connectivity index (χ3v) is 4.84. The van der Waals surface area contributed by atoms with Crippen LogP contribution in [0.1, 0.15) is 33.5 Å². The number of pyridine rings is 1. The molecule has 1 aromatic heterocycles. The van der Waals surface area contributed by atoms with Crippen molar-refractivity contribution in [2.75, 3.05) is 20.2 Å². The Morgan fingerprint density at radius 2 is 1.97 bits per heavy atom. The van der Waals surface area contributed by atoms with Crippen LogP contribution in [0.3, 0.4) is 0 Å². The minimum atomic E-state index is -4.43. The summed E-state index contributed by atoms with van der Waals surface area (Å²) in [7, 11) is 1.47. The molecule has 6 nitrogen and oxygen atoms in total. The molecule has 0 radical (unpaired) electrons. The summed E-state index contributed by atoms with van der Waals surface area (Å²) in [4.78, 5) is 28.7. The van der Waals surface area contributed by atoms with Crippen LogP contribution < -0.4 is 10.3 Å². The van der Waals surface area contributed by atoms with E-state index in [4.69, 9.17) is 4.74 Å². The van der Waals surface area contributed by atoms with Gasteiger partial charge >= 0.3 is 6.18 Å². The van der Waals surface area contributed by atoms with Crippen LogP contribution in [0.4, 0.5) is 13.2 Å². The third kappa shape index (κ3) is 4.79. The van der Waals surface area contributed by atoms with E-state index in [2.05, 4.69) is 4.98 Å². The van der Waals surface area contributed by atoms with Crippen LogP contribution in [-0.4, -0.2) is 47.2 Å². The van der Waals surface area contributed by atoms with Gasteiger partial charge in [-0.05, 0) is 54.7 Å². The summed E-state index contributed by atoms with van der Waals surface area (Å²) in [5.74, 6) is -0.318. The number of nitrogens with zero attached hydrogens (tertiary/aromatic N) is 1. The summed E-state index contributed by atoms with van der Waals surface area (Å²) < 4.78 is 43.0. The molecule has 1 aliphatic carbocycles. The number of nitrogens with one attached hydrogen (secondary N) is 1. The number of H-pyrrole nitrogens is 1. The SMILES string of the molecule is CN(CC(O)COc1ccc(C(F)(F)F)cc1)C(=O)c1c2c(c[nH]c1=O)CCC2. The van der Waals surface area contributed by atoms with E-state index in [-0.39, 0.29) is 24.5 Å². The summed E-state index contributed by atoms with van der Waals surface area (Å²) in [6.07, 6.45) is -1.54. The molecule has 0 saturated heterocycles. The predicted molar refractivity (Wildman–Crippen MR) is 99.0 cm³/mol. The number of hydrogen-bond acceptors (Lipinski definition) is 4. The maximum absolute atomic E-state index is 12.7. The van der Waals surface area contributed by atoms with Gasteiger partial charge < -0.3 is 19.7 Å². The lowest BCUT2D eigenvalue weighted by Gasteiger charge is -2.22. The fourth-order valence-corrected chi connectivity index (χ4v) is 3.38. The lowest BCUT2D eigenvalue weighted by Crippen LogP contribution is -2.39. The Balaban J connectivity index is 1.58. The molecular weight excluding hydrogens is 389 g/mol. The van der Waals surface area contributed by atoms with E-state index in [1.54, 1.807) is 6.20 Å². The van der Waals surface area contributed by atoms with Gasteiger partial charge in [-0.2, -0.15) is 13.2 Å². The summed E-state index contributed by atoms with van der Waals surface area (Å²) in [6, 6.07) is 4.10. The van der Waals surface area contributed by atoms with Crippen LogP contribution in [0.25, 0.3) is 0 Å². The second-order valence-corrected chi connectivity index (χ2v) is 7.02. The molecule has 1 heterocycles. The smallest absolute Gasteiger partial charge is 0.416 e. The lowest BCUT2D eigenvalue weighted by atomic mass is 10.1. The monoisotopic (exact) mass is 410 g/mol. The third-order valence-electron chi connectivity index (χ3n) is 4.84. The number of aryl methyl sites for hydroxylation is 1. The number of amides is 1. The first-order chi connectivity index (χ1) is 13.7. The van der Waals surface area contributed by atoms with Crippen molar-refractivity contribution in [3.63, 3.8) is 0 Å². The van der Waals surface area contributed by atoms with Crippen molar-refractivity contribution in [3.8, 4) is 5.75 Å². The van der Waals surface area contributed by atoms with Crippen LogP contribution in [0.5, 0.6) is 5.75 Å². The number of carbonyl (C=O) groups excluding carboxylic acids is 1. The second kappa shape index (κ2) is 8.28. The molecule has 0 aliphatic heterocycles. The molecular formula is C20H21F3N2O4. The number of alkyl halides is 3. The number of aliphatic hydroxyl groups excluding tert-OH is 1. The van der Waals surface area contributed by atoms with Crippen LogP contribution in [0.2, 0.25) is 0 Å². The van der Waals surface area contributed by atoms with Gasteiger partial charge in [0.25, 0.3) is 11.5 Å². The van der Waals surface area contributed by atoms with Crippen molar-refractivity contribution in [3.05, 3.63) is 63.1 Å². The molecule has 3 rings (SSSR count). The Morgan fingerprint density at radius 3 is 2.62 bits per heavy atom. The number of ether oxygens (including phenoxy) is 1. The highest BCUT2D eigenvalue weighted by molar-refractivity contribution is 5.95. The minimum absolute atomic E-state index is 0.0947. The van der Waals surface area contributed by atoms with E-state index < -0.39 is 29.3 Å². The number of halogens is 3. The molecule has 0 fully saturated rings. The van der Waals surface area contributed by atoms with Crippen molar-refractivity contribution < 1.29 is 27.8 Å². The number of fused-ring (bicyclic) bond motifs is 1. The van der Waals surface area contributed by atoms with E-state index in [9.17, 15) is 27.9 Å². The van der Waals surface area contributed by atoms with Crippen molar-refractivity contribution in [2.24, 2.45) is 0 Å². The molecule has 1 amide bonds. The standard InChI is InChI=1S/C20H21F3N2O4/c1-25(19(28)17-16-4-2-3-12(16)9-24-18(17)27)10-14(26)11-29-15-7-5-13(6-8-15)20(21,22)23/h5-9,14,26H,2-4,10-11H2,1H3,(H,24,27). The lowest BCUT2D eigenvalue weighted by molar-refractivity contribution is -0.137. The number of aliphatic hydroxyl groups is 1. The average molecular weight is 410 g/mol. The first kappa shape index (κ1) is 20.9. The van der Waals surface area contributed by atoms with Crippen LogP contribution in [0, 0.1) is 0 Å². The first-order valence-corrected chi connectivity index (χ1v) is 9.14. The fraction of sp³-hybridized carbons (Fsp3) is 0.400. The van der Waals surface area contributed by atoms with Gasteiger partial charge in [-0.15, -0.1) is 0 Å². The molecule has 1 unspecified atom stereocenters. The molecule has 1 atom stereocenters. The molecule has 2 N–H and O–H groups in total. The van der Waals surface area contributed by atoms with Gasteiger partial charge in [0, 0.05) is 19.8 Å². The molecule has 0 saturated carbocycles. The zero-order valence-electron chi connectivity index (χ0n) is 15.8. The van der Waals surface area contributed by atoms with Gasteiger partial charge in [-0.1, -0.05) is 0 Å². The summed E-state index contributed by atoms with van der Waals surface area (Å²) >= 11 is 0. The molecule has 2 aromatic rings. The van der Waals surface area contributed by atoms with E-state index >= 15 is 0 Å². The maximum Gasteiger partial charge on any atom is 0.416 e. The molecule has 1 aromatic carbocycles. The van der Waals surface area contributed by atoms with Gasteiger partial charge in [-0.3, -0.25) is 9.59 Å². The zero-order valence-corrected chi connectivity index (χ0v) is 15.8. The molecule has 0 bridgehead atoms. The highest BCUT2D eigenvalue weighted by Gasteiger charge is 2.30. The number of likely N-dealkylation sites (N-methyl/N-ethyl adjacent to an activating group) is 1. The van der Waals surface area contributed by atoms with Gasteiger partial charge in [0.05, 0.1) is 5.56 Å². The van der Waals surface area contributed by atoms with Crippen molar-refractivity contribution in [1.82, 2.24) is 9.88 Å². The largest absolute Gasteiger partial charge is 0.491 e. The number of carbonyl (C=O) groups is 1. The number of aromatic amines is 1. The quantitative estimate of drug-likeness (QED) is 0.766. The van der Waals surface area contributed by atoms with Crippen LogP contribution in [0.15, 0.2) is 35.3 Å². The molecule has 0 spiro atoms. The predicted octanol–water partition coefficient (Wildman–Crippen LogP) is 2.39. The Hall–Kier alpha value is -2.81. The topological polar surface area (TPSA) is 82.6 Å². The van der Waals surface area contributed by atoms with Crippen molar-refractivity contribution in [2.45, 2.75) is 31.5 Å². The Labute approximate surface area is 164 Å². The number of rotatable bonds is 6. The van der Waals surface area contributed by atoms with Gasteiger partial charge in [0.2, 0.25) is 0 Å². The molecule has 1 aliphatic rings. The van der Waals surface area contributed by atoms with Crippen LogP contribution in [-0.2, 0) is 19.0 Å². The highest BCUT2D eigenvalue weighted by atomic mass is 19.4. The Morgan fingerprint density at radius 1 is 1.28 bits per heavy atom. The first-order valence-electron chi connectivity index (χ1n) is 9.14. The molecule has 9 heteroatoms. The molecule has 29 heavy (non-hydrogen) atoms. The Kier molecular flexibility index (Phi) is 5.97. The molecule has 156 valence electrons. The normalized spacial score (nSPS) is 14.4. The number of aromatic nitrogens is 1. The summed E-state index contributed by atoms with van der Waals surface area (Å²) in [6.45, 7) is -0.311. The summed E-state index contributed by atoms with van der Waals surface area (Å²) in [5, 5.41) is 10.1. The minimum Gasteiger partial charge on any atom is -0.491 e. The van der Waals surface area contributed by atoms with E-state index in [1.165, 1.54) is 11.9 Å². The van der Waals surface area contributed by atoms with Crippen molar-refractivity contribution in [1.29, 1.82) is 0 Å². The van der Waals surface area contributed by atoms with Crippen LogP contribution >= 0.6 is 0 Å². The number of hydrogen-bond donors (Lipinski definition) is 2. The van der Waals surface area contributed by atoms with Gasteiger partial charge in [-0.25, -0.2) is 0 Å². The zero-order chi connectivity index (χ0) is 21.2. The van der Waals surface area contributed by atoms with Crippen molar-refractivity contribution >= 4 is 5.91 Å². The van der Waals surface area contributed by atoms with Gasteiger partial charge in [0.15, 0.2) is 0 Å².